The molecule has 0 atom stereocenters. The molecule has 4 heteroatoms. The van der Waals surface area contributed by atoms with E-state index in [1.807, 2.05) is 13.8 Å². The minimum absolute atomic E-state index is 0.114. The highest BCUT2D eigenvalue weighted by Crippen LogP contribution is 2.34. The molecular weight excluding hydrogens is 228 g/mol. The molecule has 1 aromatic heterocycles. The third kappa shape index (κ3) is 2.34. The summed E-state index contributed by atoms with van der Waals surface area (Å²) in [6, 6.07) is 1.81. The maximum atomic E-state index is 12.8. The molecule has 0 N–H and O–H groups in total. The van der Waals surface area contributed by atoms with Crippen LogP contribution in [0.3, 0.4) is 0 Å². The maximum absolute atomic E-state index is 12.8. The highest BCUT2D eigenvalue weighted by Gasteiger charge is 2.41. The van der Waals surface area contributed by atoms with Gasteiger partial charge in [0, 0.05) is 19.3 Å². The van der Waals surface area contributed by atoms with Crippen molar-refractivity contribution in [2.24, 2.45) is 0 Å². The monoisotopic (exact) mass is 250 g/mol. The van der Waals surface area contributed by atoms with Crippen LogP contribution < -0.4 is 0 Å². The van der Waals surface area contributed by atoms with Crippen molar-refractivity contribution in [3.05, 3.63) is 18.0 Å². The Labute approximate surface area is 108 Å². The van der Waals surface area contributed by atoms with Gasteiger partial charge in [-0.2, -0.15) is 5.10 Å². The standard InChI is InChI=1S/C14H22N2O2/c1-3-16-12(8-11-15-16)13(17)14(18-4-2)9-6-5-7-10-14/h8,11H,3-7,9-10H2,1-2H3. The van der Waals surface area contributed by atoms with Crippen LogP contribution in [0.4, 0.5) is 0 Å². The molecule has 0 aromatic carbocycles. The van der Waals surface area contributed by atoms with Crippen molar-refractivity contribution >= 4 is 5.78 Å². The van der Waals surface area contributed by atoms with E-state index < -0.39 is 5.60 Å². The summed E-state index contributed by atoms with van der Waals surface area (Å²) in [5, 5.41) is 4.18. The van der Waals surface area contributed by atoms with Gasteiger partial charge in [-0.15, -0.1) is 0 Å². The van der Waals surface area contributed by atoms with Crippen molar-refractivity contribution in [2.45, 2.75) is 58.1 Å². The lowest BCUT2D eigenvalue weighted by Crippen LogP contribution is -2.44. The molecule has 1 fully saturated rings. The van der Waals surface area contributed by atoms with E-state index in [-0.39, 0.29) is 5.78 Å². The summed E-state index contributed by atoms with van der Waals surface area (Å²) in [6.07, 6.45) is 6.73. The number of rotatable bonds is 5. The van der Waals surface area contributed by atoms with Gasteiger partial charge in [-0.05, 0) is 32.8 Å². The van der Waals surface area contributed by atoms with Crippen LogP contribution in [0.15, 0.2) is 12.3 Å². The Morgan fingerprint density at radius 1 is 1.39 bits per heavy atom. The first kappa shape index (κ1) is 13.3. The lowest BCUT2D eigenvalue weighted by atomic mass is 9.80. The van der Waals surface area contributed by atoms with Crippen LogP contribution in [0.2, 0.25) is 0 Å². The second-order valence-corrected chi connectivity index (χ2v) is 4.85. The third-order valence-electron chi connectivity index (χ3n) is 3.74. The Kier molecular flexibility index (Phi) is 4.17. The first-order chi connectivity index (χ1) is 8.73. The molecule has 4 nitrogen and oxygen atoms in total. The fraction of sp³-hybridized carbons (Fsp3) is 0.714. The van der Waals surface area contributed by atoms with Crippen LogP contribution in [-0.4, -0.2) is 27.8 Å². The van der Waals surface area contributed by atoms with E-state index in [2.05, 4.69) is 5.10 Å². The largest absolute Gasteiger partial charge is 0.367 e. The summed E-state index contributed by atoms with van der Waals surface area (Å²) < 4.78 is 7.63. The summed E-state index contributed by atoms with van der Waals surface area (Å²) >= 11 is 0. The van der Waals surface area contributed by atoms with Gasteiger partial charge in [-0.3, -0.25) is 9.48 Å². The van der Waals surface area contributed by atoms with Crippen molar-refractivity contribution in [1.29, 1.82) is 0 Å². The lowest BCUT2D eigenvalue weighted by Gasteiger charge is -2.35. The maximum Gasteiger partial charge on any atom is 0.212 e. The number of aryl methyl sites for hydroxylation is 1. The van der Waals surface area contributed by atoms with Gasteiger partial charge in [0.2, 0.25) is 5.78 Å². The molecule has 1 aliphatic rings. The number of Topliss-reactive ketones (excluding diaryl/α,β-unsaturated/α-hetero) is 1. The smallest absolute Gasteiger partial charge is 0.212 e. The zero-order valence-corrected chi connectivity index (χ0v) is 11.3. The van der Waals surface area contributed by atoms with E-state index in [0.29, 0.717) is 12.3 Å². The minimum Gasteiger partial charge on any atom is -0.367 e. The SMILES string of the molecule is CCOC1(C(=O)c2ccnn2CC)CCCCC1. The number of hydrogen-bond donors (Lipinski definition) is 0. The molecule has 0 spiro atoms. The van der Waals surface area contributed by atoms with E-state index in [0.717, 1.165) is 32.2 Å². The molecule has 1 heterocycles. The van der Waals surface area contributed by atoms with Gasteiger partial charge in [0.15, 0.2) is 0 Å². The molecule has 1 aromatic rings. The number of ether oxygens (including phenoxy) is 1. The Morgan fingerprint density at radius 3 is 2.72 bits per heavy atom. The molecule has 0 radical (unpaired) electrons. The van der Waals surface area contributed by atoms with Gasteiger partial charge >= 0.3 is 0 Å². The molecular formula is C14H22N2O2. The van der Waals surface area contributed by atoms with Crippen LogP contribution >= 0.6 is 0 Å². The van der Waals surface area contributed by atoms with Crippen molar-refractivity contribution in [1.82, 2.24) is 9.78 Å². The molecule has 100 valence electrons. The number of nitrogens with zero attached hydrogens (tertiary/aromatic N) is 2. The quantitative estimate of drug-likeness (QED) is 0.755. The van der Waals surface area contributed by atoms with Crippen LogP contribution in [0.25, 0.3) is 0 Å². The van der Waals surface area contributed by atoms with Crippen molar-refractivity contribution in [3.8, 4) is 0 Å². The summed E-state index contributed by atoms with van der Waals surface area (Å²) in [7, 11) is 0. The molecule has 0 aliphatic heterocycles. The van der Waals surface area contributed by atoms with E-state index >= 15 is 0 Å². The average molecular weight is 250 g/mol. The van der Waals surface area contributed by atoms with Gasteiger partial charge in [0.25, 0.3) is 0 Å². The molecule has 0 bridgehead atoms. The zero-order chi connectivity index (χ0) is 13.0. The number of carbonyl (C=O) groups excluding carboxylic acids is 1. The highest BCUT2D eigenvalue weighted by atomic mass is 16.5. The van der Waals surface area contributed by atoms with Crippen molar-refractivity contribution in [3.63, 3.8) is 0 Å². The second kappa shape index (κ2) is 5.65. The Bertz CT molecular complexity index is 400. The fourth-order valence-electron chi connectivity index (χ4n) is 2.85. The van der Waals surface area contributed by atoms with Gasteiger partial charge in [0.1, 0.15) is 11.3 Å². The van der Waals surface area contributed by atoms with Gasteiger partial charge in [-0.25, -0.2) is 0 Å². The predicted molar refractivity (Wildman–Crippen MR) is 69.7 cm³/mol. The van der Waals surface area contributed by atoms with Crippen LogP contribution in [0, 0.1) is 0 Å². The van der Waals surface area contributed by atoms with Crippen LogP contribution in [0.1, 0.15) is 56.4 Å². The number of aromatic nitrogens is 2. The first-order valence-corrected chi connectivity index (χ1v) is 6.94. The Balaban J connectivity index is 2.28. The predicted octanol–water partition coefficient (Wildman–Crippen LogP) is 2.83. The molecule has 0 amide bonds. The minimum atomic E-state index is -0.597. The molecule has 18 heavy (non-hydrogen) atoms. The van der Waals surface area contributed by atoms with Gasteiger partial charge < -0.3 is 4.74 Å². The zero-order valence-electron chi connectivity index (χ0n) is 11.3. The summed E-state index contributed by atoms with van der Waals surface area (Å²) in [5.74, 6) is 0.114. The van der Waals surface area contributed by atoms with Crippen molar-refractivity contribution < 1.29 is 9.53 Å². The van der Waals surface area contributed by atoms with Gasteiger partial charge in [0.05, 0.1) is 0 Å². The average Bonchev–Trinajstić information content (AvgIpc) is 2.87. The Morgan fingerprint density at radius 2 is 2.11 bits per heavy atom. The molecule has 0 unspecified atom stereocenters. The van der Waals surface area contributed by atoms with E-state index in [9.17, 15) is 4.79 Å². The summed E-state index contributed by atoms with van der Waals surface area (Å²) in [6.45, 7) is 5.26. The number of ketones is 1. The van der Waals surface area contributed by atoms with Gasteiger partial charge in [-0.1, -0.05) is 19.3 Å². The summed E-state index contributed by atoms with van der Waals surface area (Å²) in [4.78, 5) is 12.8. The summed E-state index contributed by atoms with van der Waals surface area (Å²) in [5.41, 5.74) is 0.0906. The topological polar surface area (TPSA) is 44.1 Å². The van der Waals surface area contributed by atoms with Crippen LogP contribution in [-0.2, 0) is 11.3 Å². The van der Waals surface area contributed by atoms with E-state index in [1.165, 1.54) is 6.42 Å². The first-order valence-electron chi connectivity index (χ1n) is 6.94. The molecule has 1 saturated carbocycles. The molecule has 1 aliphatic carbocycles. The normalized spacial score (nSPS) is 18.8. The number of hydrogen-bond acceptors (Lipinski definition) is 3. The number of carbonyl (C=O) groups is 1. The fourth-order valence-corrected chi connectivity index (χ4v) is 2.85. The van der Waals surface area contributed by atoms with E-state index in [1.54, 1.807) is 16.9 Å². The second-order valence-electron chi connectivity index (χ2n) is 4.85. The molecule has 0 saturated heterocycles. The Hall–Kier alpha value is -1.16. The van der Waals surface area contributed by atoms with E-state index in [4.69, 9.17) is 4.74 Å². The van der Waals surface area contributed by atoms with Crippen LogP contribution in [0.5, 0.6) is 0 Å². The lowest BCUT2D eigenvalue weighted by molar-refractivity contribution is -0.0417. The third-order valence-corrected chi connectivity index (χ3v) is 3.74. The van der Waals surface area contributed by atoms with Crippen molar-refractivity contribution in [2.75, 3.05) is 6.61 Å². The molecule has 2 rings (SSSR count). The highest BCUT2D eigenvalue weighted by molar-refractivity contribution is 6.01.